The highest BCUT2D eigenvalue weighted by Gasteiger charge is 2.27. The maximum Gasteiger partial charge on any atom is 0.338 e. The molecule has 0 N–H and O–H groups in total. The second-order valence-electron chi connectivity index (χ2n) is 6.69. The number of ether oxygens (including phenoxy) is 2. The van der Waals surface area contributed by atoms with Gasteiger partial charge in [-0.05, 0) is 43.3 Å². The Hall–Kier alpha value is -3.62. The highest BCUT2D eigenvalue weighted by molar-refractivity contribution is 5.94. The molecule has 0 radical (unpaired) electrons. The summed E-state index contributed by atoms with van der Waals surface area (Å²) in [7, 11) is 1.56. The molecule has 0 unspecified atom stereocenters. The number of nitro groups is 1. The van der Waals surface area contributed by atoms with E-state index in [4.69, 9.17) is 9.47 Å². The molecule has 0 aromatic heterocycles. The van der Waals surface area contributed by atoms with Crippen LogP contribution in [0.3, 0.4) is 0 Å². The van der Waals surface area contributed by atoms with E-state index in [1.165, 1.54) is 12.1 Å². The molecule has 158 valence electrons. The van der Waals surface area contributed by atoms with Gasteiger partial charge in [-0.1, -0.05) is 0 Å². The van der Waals surface area contributed by atoms with E-state index in [0.717, 1.165) is 0 Å². The highest BCUT2D eigenvalue weighted by atomic mass is 16.6. The molecule has 3 rings (SSSR count). The van der Waals surface area contributed by atoms with Crippen LogP contribution in [0.1, 0.15) is 27.6 Å². The van der Waals surface area contributed by atoms with Crippen LogP contribution in [0, 0.1) is 10.1 Å². The molecule has 30 heavy (non-hydrogen) atoms. The summed E-state index contributed by atoms with van der Waals surface area (Å²) in [5.74, 6) is -0.0125. The first-order valence-electron chi connectivity index (χ1n) is 9.58. The van der Waals surface area contributed by atoms with Crippen LogP contribution in [0.2, 0.25) is 0 Å². The number of carbonyl (C=O) groups excluding carboxylic acids is 2. The number of methoxy groups -OCH3 is 1. The average molecular weight is 413 g/mol. The molecule has 2 aromatic carbocycles. The number of rotatable bonds is 6. The van der Waals surface area contributed by atoms with Gasteiger partial charge in [-0.25, -0.2) is 4.79 Å². The first-order chi connectivity index (χ1) is 14.4. The van der Waals surface area contributed by atoms with Gasteiger partial charge in [-0.3, -0.25) is 14.9 Å². The zero-order valence-corrected chi connectivity index (χ0v) is 16.9. The van der Waals surface area contributed by atoms with Crippen LogP contribution in [0.4, 0.5) is 11.4 Å². The van der Waals surface area contributed by atoms with Gasteiger partial charge in [0.05, 0.1) is 24.2 Å². The summed E-state index contributed by atoms with van der Waals surface area (Å²) in [5, 5.41) is 11.6. The fourth-order valence-electron chi connectivity index (χ4n) is 3.35. The van der Waals surface area contributed by atoms with Gasteiger partial charge in [-0.15, -0.1) is 0 Å². The van der Waals surface area contributed by atoms with E-state index >= 15 is 0 Å². The summed E-state index contributed by atoms with van der Waals surface area (Å²) >= 11 is 0. The number of anilines is 1. The molecule has 0 aliphatic carbocycles. The number of carbonyl (C=O) groups is 2. The second-order valence-corrected chi connectivity index (χ2v) is 6.69. The third-order valence-corrected chi connectivity index (χ3v) is 4.93. The van der Waals surface area contributed by atoms with E-state index in [1.54, 1.807) is 49.3 Å². The van der Waals surface area contributed by atoms with Gasteiger partial charge in [0.2, 0.25) is 0 Å². The molecule has 1 amide bonds. The minimum absolute atomic E-state index is 0.0931. The smallest absolute Gasteiger partial charge is 0.338 e. The Morgan fingerprint density at radius 3 is 2.23 bits per heavy atom. The van der Waals surface area contributed by atoms with Crippen LogP contribution in [-0.4, -0.2) is 61.6 Å². The van der Waals surface area contributed by atoms with Crippen molar-refractivity contribution in [2.75, 3.05) is 44.8 Å². The summed E-state index contributed by atoms with van der Waals surface area (Å²) in [5.41, 5.74) is 0.967. The van der Waals surface area contributed by atoms with E-state index in [-0.39, 0.29) is 23.8 Å². The van der Waals surface area contributed by atoms with Crippen molar-refractivity contribution in [1.29, 1.82) is 0 Å². The lowest BCUT2D eigenvalue weighted by Gasteiger charge is -2.35. The molecule has 9 heteroatoms. The van der Waals surface area contributed by atoms with Crippen LogP contribution in [-0.2, 0) is 4.74 Å². The molecule has 0 saturated carbocycles. The van der Waals surface area contributed by atoms with Crippen molar-refractivity contribution in [2.45, 2.75) is 6.92 Å². The van der Waals surface area contributed by atoms with E-state index in [2.05, 4.69) is 0 Å². The summed E-state index contributed by atoms with van der Waals surface area (Å²) in [6.07, 6.45) is 0. The van der Waals surface area contributed by atoms with Crippen molar-refractivity contribution in [1.82, 2.24) is 4.90 Å². The molecule has 0 spiro atoms. The summed E-state index contributed by atoms with van der Waals surface area (Å²) in [4.78, 5) is 39.2. The number of benzene rings is 2. The van der Waals surface area contributed by atoms with Crippen molar-refractivity contribution in [3.8, 4) is 5.75 Å². The van der Waals surface area contributed by atoms with Crippen molar-refractivity contribution < 1.29 is 24.0 Å². The monoisotopic (exact) mass is 413 g/mol. The fraction of sp³-hybridized carbons (Fsp3) is 0.333. The standard InChI is InChI=1S/C21H23N3O6/c1-3-30-21(26)16-6-9-18(19(14-16)24(27)28)22-10-12-23(13-11-22)20(25)15-4-7-17(29-2)8-5-15/h4-9,14H,3,10-13H2,1-2H3. The lowest BCUT2D eigenvalue weighted by atomic mass is 10.1. The van der Waals surface area contributed by atoms with Crippen molar-refractivity contribution in [3.05, 3.63) is 63.7 Å². The van der Waals surface area contributed by atoms with Gasteiger partial charge >= 0.3 is 5.97 Å². The minimum Gasteiger partial charge on any atom is -0.497 e. The van der Waals surface area contributed by atoms with Gasteiger partial charge in [-0.2, -0.15) is 0 Å². The van der Waals surface area contributed by atoms with E-state index < -0.39 is 10.9 Å². The number of amides is 1. The average Bonchev–Trinajstić information content (AvgIpc) is 2.78. The Morgan fingerprint density at radius 1 is 1.03 bits per heavy atom. The number of piperazine rings is 1. The summed E-state index contributed by atoms with van der Waals surface area (Å²) in [6.45, 7) is 3.62. The number of hydrogen-bond acceptors (Lipinski definition) is 7. The zero-order valence-electron chi connectivity index (χ0n) is 16.9. The molecule has 1 heterocycles. The lowest BCUT2D eigenvalue weighted by Crippen LogP contribution is -2.49. The molecule has 0 bridgehead atoms. The highest BCUT2D eigenvalue weighted by Crippen LogP contribution is 2.30. The van der Waals surface area contributed by atoms with E-state index in [0.29, 0.717) is 43.2 Å². The molecular weight excluding hydrogens is 390 g/mol. The molecule has 1 aliphatic rings. The van der Waals surface area contributed by atoms with Gasteiger partial charge in [0, 0.05) is 37.8 Å². The van der Waals surface area contributed by atoms with Crippen LogP contribution in [0.5, 0.6) is 5.75 Å². The van der Waals surface area contributed by atoms with Crippen molar-refractivity contribution >= 4 is 23.3 Å². The molecule has 0 atom stereocenters. The minimum atomic E-state index is -0.595. The quantitative estimate of drug-likeness (QED) is 0.408. The SMILES string of the molecule is CCOC(=O)c1ccc(N2CCN(C(=O)c3ccc(OC)cc3)CC2)c([N+](=O)[O-])c1. The zero-order chi connectivity index (χ0) is 21.7. The Labute approximate surface area is 173 Å². The second kappa shape index (κ2) is 9.25. The van der Waals surface area contributed by atoms with E-state index in [1.807, 2.05) is 4.90 Å². The normalized spacial score (nSPS) is 13.7. The lowest BCUT2D eigenvalue weighted by molar-refractivity contribution is -0.384. The Balaban J connectivity index is 1.71. The maximum absolute atomic E-state index is 12.7. The van der Waals surface area contributed by atoms with E-state index in [9.17, 15) is 19.7 Å². The first kappa shape index (κ1) is 21.1. The fourth-order valence-corrected chi connectivity index (χ4v) is 3.35. The van der Waals surface area contributed by atoms with Gasteiger partial charge < -0.3 is 19.3 Å². The first-order valence-corrected chi connectivity index (χ1v) is 9.58. The Morgan fingerprint density at radius 2 is 1.67 bits per heavy atom. The molecule has 1 saturated heterocycles. The van der Waals surface area contributed by atoms with Crippen molar-refractivity contribution in [2.24, 2.45) is 0 Å². The molecule has 1 fully saturated rings. The molecular formula is C21H23N3O6. The topological polar surface area (TPSA) is 102 Å². The van der Waals surface area contributed by atoms with Crippen LogP contribution >= 0.6 is 0 Å². The largest absolute Gasteiger partial charge is 0.497 e. The summed E-state index contributed by atoms with van der Waals surface area (Å²) in [6, 6.07) is 11.2. The summed E-state index contributed by atoms with van der Waals surface area (Å²) < 4.78 is 10.0. The molecule has 9 nitrogen and oxygen atoms in total. The van der Waals surface area contributed by atoms with Gasteiger partial charge in [0.15, 0.2) is 0 Å². The molecule has 1 aliphatic heterocycles. The van der Waals surface area contributed by atoms with Gasteiger partial charge in [0.1, 0.15) is 11.4 Å². The number of esters is 1. The Kier molecular flexibility index (Phi) is 6.51. The molecule has 2 aromatic rings. The predicted octanol–water partition coefficient (Wildman–Crippen LogP) is 2.74. The third-order valence-electron chi connectivity index (χ3n) is 4.93. The number of hydrogen-bond donors (Lipinski definition) is 0. The van der Waals surface area contributed by atoms with Crippen molar-refractivity contribution in [3.63, 3.8) is 0 Å². The third kappa shape index (κ3) is 4.51. The van der Waals surface area contributed by atoms with Crippen LogP contribution < -0.4 is 9.64 Å². The van der Waals surface area contributed by atoms with Crippen LogP contribution in [0.25, 0.3) is 0 Å². The Bertz CT molecular complexity index is 936. The van der Waals surface area contributed by atoms with Gasteiger partial charge in [0.25, 0.3) is 11.6 Å². The maximum atomic E-state index is 12.7. The van der Waals surface area contributed by atoms with Crippen LogP contribution in [0.15, 0.2) is 42.5 Å². The number of nitrogens with zero attached hydrogens (tertiary/aromatic N) is 3. The number of nitro benzene ring substituents is 1. The predicted molar refractivity (Wildman–Crippen MR) is 110 cm³/mol.